The Morgan fingerprint density at radius 1 is 1.11 bits per heavy atom. The maximum atomic E-state index is 14.1. The highest BCUT2D eigenvalue weighted by molar-refractivity contribution is 6.24. The molecular formula is C31H33N5O11. The summed E-state index contributed by atoms with van der Waals surface area (Å²) in [5.74, 6) is -11.2. The number of nitro benzene ring substituents is 1. The summed E-state index contributed by atoms with van der Waals surface area (Å²) < 4.78 is 0. The number of phenols is 1. The molecule has 2 aromatic rings. The van der Waals surface area contributed by atoms with E-state index in [1.807, 2.05) is 0 Å². The third-order valence-corrected chi connectivity index (χ3v) is 9.33. The maximum absolute atomic E-state index is 14.1. The van der Waals surface area contributed by atoms with Crippen molar-refractivity contribution in [2.75, 3.05) is 19.4 Å². The molecule has 248 valence electrons. The number of rotatable bonds is 7. The number of carbonyl (C=O) groups excluding carboxylic acids is 4. The van der Waals surface area contributed by atoms with Crippen LogP contribution in [0.4, 0.5) is 11.4 Å². The van der Waals surface area contributed by atoms with Gasteiger partial charge in [-0.1, -0.05) is 25.1 Å². The largest absolute Gasteiger partial charge is 0.508 e. The van der Waals surface area contributed by atoms with Crippen LogP contribution in [0.3, 0.4) is 0 Å². The molecule has 0 heterocycles. The highest BCUT2D eigenvalue weighted by atomic mass is 16.6. The highest BCUT2D eigenvalue weighted by Gasteiger charge is 2.68. The predicted octanol–water partition coefficient (Wildman–Crippen LogP) is -0.0875. The fraction of sp³-hybridized carbons (Fsp3) is 0.355. The first-order chi connectivity index (χ1) is 21.9. The number of hydrogen-bond acceptors (Lipinski definition) is 13. The van der Waals surface area contributed by atoms with Gasteiger partial charge < -0.3 is 42.3 Å². The van der Waals surface area contributed by atoms with Gasteiger partial charge in [-0.25, -0.2) is 0 Å². The van der Waals surface area contributed by atoms with Crippen molar-refractivity contribution in [3.05, 3.63) is 80.1 Å². The number of primary amides is 1. The van der Waals surface area contributed by atoms with E-state index in [0.717, 1.165) is 0 Å². The minimum atomic E-state index is -3.06. The summed E-state index contributed by atoms with van der Waals surface area (Å²) in [6.45, 7) is 1.58. The number of Topliss-reactive ketones (excluding diaryl/α,β-unsaturated/α-hetero) is 2. The van der Waals surface area contributed by atoms with Crippen molar-refractivity contribution >= 4 is 40.5 Å². The van der Waals surface area contributed by atoms with Crippen LogP contribution in [0.25, 0.3) is 5.76 Å². The molecule has 5 rings (SSSR count). The second-order valence-corrected chi connectivity index (χ2v) is 12.2. The Bertz CT molecular complexity index is 1800. The van der Waals surface area contributed by atoms with Crippen LogP contribution in [-0.4, -0.2) is 96.6 Å². The smallest absolute Gasteiger partial charge is 0.269 e. The monoisotopic (exact) mass is 651 g/mol. The van der Waals surface area contributed by atoms with Gasteiger partial charge >= 0.3 is 0 Å². The number of nitrogens with two attached hydrogens (primary N) is 2. The number of nitrogens with zero attached hydrogens (tertiary/aromatic N) is 2. The van der Waals surface area contributed by atoms with E-state index in [1.165, 1.54) is 55.4 Å². The fourth-order valence-corrected chi connectivity index (χ4v) is 7.04. The molecule has 0 saturated heterocycles. The Balaban J connectivity index is 1.54. The summed E-state index contributed by atoms with van der Waals surface area (Å²) >= 11 is 0. The van der Waals surface area contributed by atoms with Gasteiger partial charge in [0.15, 0.2) is 11.4 Å². The number of likely N-dealkylation sites (N-methyl/N-ethyl adjacent to an activating group) is 1. The predicted molar refractivity (Wildman–Crippen MR) is 164 cm³/mol. The van der Waals surface area contributed by atoms with Crippen molar-refractivity contribution in [1.82, 2.24) is 4.90 Å². The summed E-state index contributed by atoms with van der Waals surface area (Å²) in [4.78, 5) is 64.1. The van der Waals surface area contributed by atoms with Crippen molar-refractivity contribution in [3.8, 4) is 5.75 Å². The van der Waals surface area contributed by atoms with Gasteiger partial charge in [0, 0.05) is 23.6 Å². The topological polar surface area (TPSA) is 280 Å². The van der Waals surface area contributed by atoms with E-state index in [-0.39, 0.29) is 28.9 Å². The van der Waals surface area contributed by atoms with E-state index in [1.54, 1.807) is 6.92 Å². The number of hydrogen-bond donors (Lipinski definition) is 8. The van der Waals surface area contributed by atoms with Gasteiger partial charge in [-0.05, 0) is 43.6 Å². The van der Waals surface area contributed by atoms with Crippen molar-refractivity contribution in [2.45, 2.75) is 43.1 Å². The van der Waals surface area contributed by atoms with E-state index in [9.17, 15) is 54.8 Å². The Morgan fingerprint density at radius 3 is 2.28 bits per heavy atom. The van der Waals surface area contributed by atoms with Crippen LogP contribution in [0, 0.1) is 22.0 Å². The standard InChI is InChI=1S/C31H33N5O11/c1-11-14-8-9-16(34-30(44)15(32)10-12-4-6-13(7-5-12)36(46)47)23(37)18(14)24(38)19-17(11)25(39)21-22(35(2)3)26(40)20(29(33)43)28(42)31(21,45)27(19)41/h4-9,11,15,17,21-22,25,37-39,42,45H,10,32H2,1-3H3,(H2,33,43)(H,34,44)/t11-,15-,17?,21?,22-,25?,31-/m0/s1. The zero-order chi connectivity index (χ0) is 34.9. The number of ketones is 2. The molecule has 3 unspecified atom stereocenters. The molecule has 1 fully saturated rings. The molecule has 16 heteroatoms. The number of carbonyl (C=O) groups is 4. The number of fused-ring (bicyclic) bond motifs is 3. The van der Waals surface area contributed by atoms with Gasteiger partial charge in [-0.15, -0.1) is 0 Å². The van der Waals surface area contributed by atoms with Crippen LogP contribution in [0.1, 0.15) is 29.5 Å². The summed E-state index contributed by atoms with van der Waals surface area (Å²) in [6, 6.07) is 5.54. The number of phenolic OH excluding ortho intramolecular Hbond substituents is 1. The highest BCUT2D eigenvalue weighted by Crippen LogP contribution is 2.56. The van der Waals surface area contributed by atoms with Gasteiger partial charge in [0.1, 0.15) is 22.8 Å². The van der Waals surface area contributed by atoms with Crippen LogP contribution < -0.4 is 16.8 Å². The number of anilines is 1. The Labute approximate surface area is 266 Å². The number of non-ortho nitro benzene ring substituents is 1. The first-order valence-corrected chi connectivity index (χ1v) is 14.4. The molecule has 0 aliphatic heterocycles. The van der Waals surface area contributed by atoms with Crippen LogP contribution in [-0.2, 0) is 25.6 Å². The maximum Gasteiger partial charge on any atom is 0.269 e. The van der Waals surface area contributed by atoms with Gasteiger partial charge in [-0.2, -0.15) is 0 Å². The van der Waals surface area contributed by atoms with Crippen molar-refractivity contribution in [1.29, 1.82) is 0 Å². The molecule has 16 nitrogen and oxygen atoms in total. The minimum absolute atomic E-state index is 0.0174. The normalized spacial score (nSPS) is 27.6. The molecule has 47 heavy (non-hydrogen) atoms. The third-order valence-electron chi connectivity index (χ3n) is 9.33. The first kappa shape index (κ1) is 33.2. The lowest BCUT2D eigenvalue weighted by molar-refractivity contribution is -0.384. The fourth-order valence-electron chi connectivity index (χ4n) is 7.04. The number of aromatic hydroxyl groups is 1. The Kier molecular flexibility index (Phi) is 8.18. The Hall–Kier alpha value is -5.16. The van der Waals surface area contributed by atoms with Crippen LogP contribution >= 0.6 is 0 Å². The van der Waals surface area contributed by atoms with E-state index in [0.29, 0.717) is 5.56 Å². The summed E-state index contributed by atoms with van der Waals surface area (Å²) in [5, 5.41) is 70.6. The van der Waals surface area contributed by atoms with Crippen LogP contribution in [0.15, 0.2) is 53.3 Å². The summed E-state index contributed by atoms with van der Waals surface area (Å²) in [5.41, 5.74) is 6.84. The zero-order valence-corrected chi connectivity index (χ0v) is 25.4. The van der Waals surface area contributed by atoms with E-state index < -0.39 is 98.3 Å². The molecule has 3 aliphatic carbocycles. The van der Waals surface area contributed by atoms with Gasteiger partial charge in [0.05, 0.1) is 40.3 Å². The van der Waals surface area contributed by atoms with Crippen LogP contribution in [0.5, 0.6) is 5.75 Å². The number of nitrogens with one attached hydrogen (secondary N) is 1. The van der Waals surface area contributed by atoms with E-state index >= 15 is 0 Å². The average Bonchev–Trinajstić information content (AvgIpc) is 2.99. The number of aliphatic hydroxyl groups is 4. The molecular weight excluding hydrogens is 618 g/mol. The van der Waals surface area contributed by atoms with Gasteiger partial charge in [0.25, 0.3) is 11.6 Å². The number of aliphatic hydroxyl groups excluding tert-OH is 3. The van der Waals surface area contributed by atoms with Gasteiger partial charge in [-0.3, -0.25) is 34.2 Å². The molecule has 0 aromatic heterocycles. The van der Waals surface area contributed by atoms with Crippen molar-refractivity contribution < 1.29 is 49.6 Å². The molecule has 0 radical (unpaired) electrons. The third kappa shape index (κ3) is 4.93. The number of amides is 2. The average molecular weight is 652 g/mol. The lowest BCUT2D eigenvalue weighted by Gasteiger charge is -2.53. The Morgan fingerprint density at radius 2 is 1.72 bits per heavy atom. The lowest BCUT2D eigenvalue weighted by Crippen LogP contribution is -2.70. The zero-order valence-electron chi connectivity index (χ0n) is 25.4. The van der Waals surface area contributed by atoms with E-state index in [2.05, 4.69) is 5.32 Å². The number of benzene rings is 2. The molecule has 2 amide bonds. The van der Waals surface area contributed by atoms with Crippen molar-refractivity contribution in [2.24, 2.45) is 23.3 Å². The molecule has 2 aromatic carbocycles. The molecule has 0 spiro atoms. The lowest BCUT2D eigenvalue weighted by atomic mass is 9.54. The summed E-state index contributed by atoms with van der Waals surface area (Å²) in [6.07, 6.45) is -1.76. The second kappa shape index (κ2) is 11.6. The molecule has 10 N–H and O–H groups in total. The van der Waals surface area contributed by atoms with Crippen molar-refractivity contribution in [3.63, 3.8) is 0 Å². The van der Waals surface area contributed by atoms with E-state index in [4.69, 9.17) is 11.5 Å². The van der Waals surface area contributed by atoms with Gasteiger partial charge in [0.2, 0.25) is 11.7 Å². The van der Waals surface area contributed by atoms with Crippen LogP contribution in [0.2, 0.25) is 0 Å². The minimum Gasteiger partial charge on any atom is -0.508 e. The molecule has 0 bridgehead atoms. The first-order valence-electron chi connectivity index (χ1n) is 14.4. The quantitative estimate of drug-likeness (QED) is 0.0842. The SMILES string of the molecule is C[C@H]1c2ccc(NC(=O)[C@@H](N)Cc3ccc([N+](=O)[O-])cc3)c(O)c2C(O)=C2C(=O)[C@]3(O)C(O)=C(C(N)=O)C(=O)[C@@H](N(C)C)C3C(O)C21. The second-order valence-electron chi connectivity index (χ2n) is 12.2. The number of nitro groups is 1. The molecule has 7 atom stereocenters. The summed E-state index contributed by atoms with van der Waals surface area (Å²) in [7, 11) is 2.82. The molecule has 3 aliphatic rings. The molecule has 1 saturated carbocycles.